The van der Waals surface area contributed by atoms with E-state index in [9.17, 15) is 9.59 Å². The first kappa shape index (κ1) is 14.6. The van der Waals surface area contributed by atoms with E-state index < -0.39 is 6.04 Å². The van der Waals surface area contributed by atoms with E-state index in [-0.39, 0.29) is 11.8 Å². The Bertz CT molecular complexity index is 602. The van der Waals surface area contributed by atoms with Crippen molar-refractivity contribution in [1.29, 1.82) is 0 Å². The molecule has 0 radical (unpaired) electrons. The highest BCUT2D eigenvalue weighted by Gasteiger charge is 2.16. The van der Waals surface area contributed by atoms with Crippen molar-refractivity contribution in [3.8, 4) is 0 Å². The maximum Gasteiger partial charge on any atom is 0.252 e. The Balaban J connectivity index is 1.84. The first-order chi connectivity index (χ1) is 10.2. The number of carbonyl (C=O) groups excluding carboxylic acids is 2. The number of carbonyl (C=O) groups is 2. The third kappa shape index (κ3) is 4.38. The maximum absolute atomic E-state index is 11.9. The Hall–Kier alpha value is -2.76. The smallest absolute Gasteiger partial charge is 0.252 e. The third-order valence-electron chi connectivity index (χ3n) is 2.87. The van der Waals surface area contributed by atoms with Crippen molar-refractivity contribution >= 4 is 11.8 Å². The molecule has 0 saturated carbocycles. The summed E-state index contributed by atoms with van der Waals surface area (Å²) in [5, 5.41) is 5.39. The van der Waals surface area contributed by atoms with Gasteiger partial charge in [0.2, 0.25) is 5.91 Å². The molecule has 0 spiro atoms. The fourth-order valence-corrected chi connectivity index (χ4v) is 1.69. The molecule has 108 valence electrons. The van der Waals surface area contributed by atoms with Gasteiger partial charge in [-0.2, -0.15) is 0 Å². The van der Waals surface area contributed by atoms with Crippen LogP contribution in [0.1, 0.15) is 22.8 Å². The lowest BCUT2D eigenvalue weighted by Crippen LogP contribution is -2.44. The van der Waals surface area contributed by atoms with E-state index >= 15 is 0 Å². The van der Waals surface area contributed by atoms with Crippen LogP contribution in [-0.4, -0.2) is 27.8 Å². The van der Waals surface area contributed by atoms with Gasteiger partial charge in [0.15, 0.2) is 0 Å². The highest BCUT2D eigenvalue weighted by atomic mass is 16.2. The molecule has 2 heterocycles. The average Bonchev–Trinajstić information content (AvgIpc) is 2.54. The summed E-state index contributed by atoms with van der Waals surface area (Å²) in [5.41, 5.74) is 1.37. The summed E-state index contributed by atoms with van der Waals surface area (Å²) in [5.74, 6) is -0.553. The van der Waals surface area contributed by atoms with Crippen LogP contribution in [0.25, 0.3) is 0 Å². The van der Waals surface area contributed by atoms with Gasteiger partial charge >= 0.3 is 0 Å². The monoisotopic (exact) mass is 284 g/mol. The molecule has 0 aliphatic carbocycles. The van der Waals surface area contributed by atoms with Crippen LogP contribution in [0.15, 0.2) is 49.1 Å². The van der Waals surface area contributed by atoms with Gasteiger partial charge in [-0.25, -0.2) is 0 Å². The van der Waals surface area contributed by atoms with E-state index in [0.29, 0.717) is 12.1 Å². The molecule has 2 N–H and O–H groups in total. The quantitative estimate of drug-likeness (QED) is 0.855. The van der Waals surface area contributed by atoms with Crippen molar-refractivity contribution in [3.63, 3.8) is 0 Å². The topological polar surface area (TPSA) is 84.0 Å². The number of rotatable bonds is 5. The van der Waals surface area contributed by atoms with Crippen LogP contribution in [0.2, 0.25) is 0 Å². The minimum atomic E-state index is -0.623. The predicted molar refractivity (Wildman–Crippen MR) is 77.2 cm³/mol. The molecule has 2 aromatic rings. The number of aromatic nitrogens is 2. The Kier molecular flexibility index (Phi) is 4.98. The van der Waals surface area contributed by atoms with Gasteiger partial charge in [-0.3, -0.25) is 19.6 Å². The number of hydrogen-bond acceptors (Lipinski definition) is 4. The van der Waals surface area contributed by atoms with Crippen LogP contribution in [-0.2, 0) is 11.3 Å². The van der Waals surface area contributed by atoms with Crippen LogP contribution in [0.5, 0.6) is 0 Å². The summed E-state index contributed by atoms with van der Waals surface area (Å²) in [4.78, 5) is 31.6. The molecule has 2 amide bonds. The molecule has 21 heavy (non-hydrogen) atoms. The van der Waals surface area contributed by atoms with Crippen LogP contribution < -0.4 is 10.6 Å². The van der Waals surface area contributed by atoms with Gasteiger partial charge in [-0.05, 0) is 30.7 Å². The highest BCUT2D eigenvalue weighted by Crippen LogP contribution is 1.98. The van der Waals surface area contributed by atoms with Gasteiger partial charge in [0, 0.05) is 36.9 Å². The maximum atomic E-state index is 11.9. The summed E-state index contributed by atoms with van der Waals surface area (Å²) < 4.78 is 0. The van der Waals surface area contributed by atoms with Crippen LogP contribution in [0.4, 0.5) is 0 Å². The van der Waals surface area contributed by atoms with Crippen molar-refractivity contribution in [2.45, 2.75) is 19.5 Å². The number of nitrogens with one attached hydrogen (secondary N) is 2. The first-order valence-corrected chi connectivity index (χ1v) is 6.54. The second kappa shape index (κ2) is 7.14. The second-order valence-corrected chi connectivity index (χ2v) is 4.51. The number of nitrogens with zero attached hydrogens (tertiary/aromatic N) is 2. The van der Waals surface area contributed by atoms with Gasteiger partial charge < -0.3 is 10.6 Å². The molecule has 0 aliphatic heterocycles. The fraction of sp³-hybridized carbons (Fsp3) is 0.200. The van der Waals surface area contributed by atoms with Crippen molar-refractivity contribution in [2.75, 3.05) is 0 Å². The van der Waals surface area contributed by atoms with Crippen molar-refractivity contribution in [2.24, 2.45) is 0 Å². The van der Waals surface area contributed by atoms with E-state index in [1.165, 1.54) is 12.4 Å². The van der Waals surface area contributed by atoms with E-state index in [1.807, 2.05) is 6.07 Å². The fourth-order valence-electron chi connectivity index (χ4n) is 1.69. The van der Waals surface area contributed by atoms with Crippen molar-refractivity contribution in [1.82, 2.24) is 20.6 Å². The molecule has 0 aliphatic rings. The molecule has 6 nitrogen and oxygen atoms in total. The first-order valence-electron chi connectivity index (χ1n) is 6.54. The molecule has 2 aromatic heterocycles. The van der Waals surface area contributed by atoms with Gasteiger partial charge in [0.25, 0.3) is 5.91 Å². The second-order valence-electron chi connectivity index (χ2n) is 4.51. The SMILES string of the molecule is C[C@H](NC(=O)c1ccncc1)C(=O)NCc1cccnc1. The lowest BCUT2D eigenvalue weighted by atomic mass is 10.2. The lowest BCUT2D eigenvalue weighted by molar-refractivity contribution is -0.122. The van der Waals surface area contributed by atoms with Crippen LogP contribution in [0.3, 0.4) is 0 Å². The highest BCUT2D eigenvalue weighted by molar-refractivity contribution is 5.97. The number of amides is 2. The Morgan fingerprint density at radius 3 is 2.57 bits per heavy atom. The summed E-state index contributed by atoms with van der Waals surface area (Å²) in [7, 11) is 0. The molecule has 0 aromatic carbocycles. The summed E-state index contributed by atoms with van der Waals surface area (Å²) in [6.07, 6.45) is 6.41. The van der Waals surface area contributed by atoms with E-state index in [4.69, 9.17) is 0 Å². The van der Waals surface area contributed by atoms with Crippen molar-refractivity contribution in [3.05, 3.63) is 60.2 Å². The molecule has 0 fully saturated rings. The molecular weight excluding hydrogens is 268 g/mol. The van der Waals surface area contributed by atoms with Gasteiger partial charge in [0.05, 0.1) is 0 Å². The number of pyridine rings is 2. The lowest BCUT2D eigenvalue weighted by Gasteiger charge is -2.14. The average molecular weight is 284 g/mol. The molecule has 6 heteroatoms. The molecule has 0 saturated heterocycles. The van der Waals surface area contributed by atoms with Gasteiger partial charge in [-0.1, -0.05) is 6.07 Å². The zero-order valence-corrected chi connectivity index (χ0v) is 11.6. The number of hydrogen-bond donors (Lipinski definition) is 2. The predicted octanol–water partition coefficient (Wildman–Crippen LogP) is 0.911. The zero-order valence-electron chi connectivity index (χ0n) is 11.6. The largest absolute Gasteiger partial charge is 0.350 e. The summed E-state index contributed by atoms with van der Waals surface area (Å²) in [6.45, 7) is 2.01. The van der Waals surface area contributed by atoms with Crippen molar-refractivity contribution < 1.29 is 9.59 Å². The molecule has 0 unspecified atom stereocenters. The summed E-state index contributed by atoms with van der Waals surface area (Å²) >= 11 is 0. The molecular formula is C15H16N4O2. The Morgan fingerprint density at radius 1 is 1.14 bits per heavy atom. The third-order valence-corrected chi connectivity index (χ3v) is 2.87. The zero-order chi connectivity index (χ0) is 15.1. The molecule has 0 bridgehead atoms. The van der Waals surface area contributed by atoms with E-state index in [1.54, 1.807) is 37.5 Å². The van der Waals surface area contributed by atoms with Crippen LogP contribution in [0, 0.1) is 0 Å². The normalized spacial score (nSPS) is 11.5. The van der Waals surface area contributed by atoms with Gasteiger partial charge in [-0.15, -0.1) is 0 Å². The van der Waals surface area contributed by atoms with E-state index in [2.05, 4.69) is 20.6 Å². The molecule has 1 atom stereocenters. The standard InChI is InChI=1S/C15H16N4O2/c1-11(19-15(21)13-4-7-16-8-5-13)14(20)18-10-12-3-2-6-17-9-12/h2-9,11H,10H2,1H3,(H,18,20)(H,19,21)/t11-/m0/s1. The Morgan fingerprint density at radius 2 is 1.90 bits per heavy atom. The minimum absolute atomic E-state index is 0.249. The van der Waals surface area contributed by atoms with E-state index in [0.717, 1.165) is 5.56 Å². The molecule has 2 rings (SSSR count). The van der Waals surface area contributed by atoms with Crippen LogP contribution >= 0.6 is 0 Å². The minimum Gasteiger partial charge on any atom is -0.350 e. The Labute approximate surface area is 122 Å². The summed E-state index contributed by atoms with van der Waals surface area (Å²) in [6, 6.07) is 6.23. The van der Waals surface area contributed by atoms with Gasteiger partial charge in [0.1, 0.15) is 6.04 Å².